The first kappa shape index (κ1) is 33.5. The summed E-state index contributed by atoms with van der Waals surface area (Å²) in [6, 6.07) is 16.7. The molecule has 43 heavy (non-hydrogen) atoms. The van der Waals surface area contributed by atoms with Gasteiger partial charge in [-0.1, -0.05) is 48.9 Å². The fraction of sp³-hybridized carbons (Fsp3) is 0.355. The standard InChI is InChI=1S/C31H38ClN3O7S/c1-7-21(2)33-31(37)22(3)34(19-23-11-9-8-10-12-23)30(36)20-35(26-17-24(32)13-15-27(26)40-4)43(38,39)25-14-16-28(41-5)29(18-25)42-6/h8-18,21-22H,7,19-20H2,1-6H3,(H,33,37)/t21-,22-/m0/s1. The van der Waals surface area contributed by atoms with E-state index in [1.165, 1.54) is 56.6 Å². The first-order chi connectivity index (χ1) is 20.5. The van der Waals surface area contributed by atoms with Gasteiger partial charge < -0.3 is 24.4 Å². The van der Waals surface area contributed by atoms with Gasteiger partial charge in [-0.3, -0.25) is 13.9 Å². The average molecular weight is 632 g/mol. The summed E-state index contributed by atoms with van der Waals surface area (Å²) in [6.07, 6.45) is 0.705. The summed E-state index contributed by atoms with van der Waals surface area (Å²) in [6.45, 7) is 4.85. The summed E-state index contributed by atoms with van der Waals surface area (Å²) < 4.78 is 45.5. The van der Waals surface area contributed by atoms with E-state index in [2.05, 4.69) is 5.32 Å². The third kappa shape index (κ3) is 8.11. The second-order valence-corrected chi connectivity index (χ2v) is 12.1. The molecule has 0 fully saturated rings. The number of hydrogen-bond donors (Lipinski definition) is 1. The average Bonchev–Trinajstić information content (AvgIpc) is 3.01. The second-order valence-electron chi connectivity index (χ2n) is 9.85. The van der Waals surface area contributed by atoms with Crippen molar-refractivity contribution in [2.75, 3.05) is 32.2 Å². The monoisotopic (exact) mass is 631 g/mol. The third-order valence-electron chi connectivity index (χ3n) is 7.00. The molecule has 0 spiro atoms. The number of rotatable bonds is 14. The highest BCUT2D eigenvalue weighted by Crippen LogP contribution is 2.37. The lowest BCUT2D eigenvalue weighted by atomic mass is 10.1. The Bertz CT molecular complexity index is 1520. The lowest BCUT2D eigenvalue weighted by molar-refractivity contribution is -0.139. The molecule has 232 valence electrons. The minimum Gasteiger partial charge on any atom is -0.495 e. The largest absolute Gasteiger partial charge is 0.495 e. The molecule has 0 heterocycles. The normalized spacial score (nSPS) is 12.5. The van der Waals surface area contributed by atoms with Gasteiger partial charge in [0.2, 0.25) is 11.8 Å². The molecule has 3 aromatic rings. The highest BCUT2D eigenvalue weighted by Gasteiger charge is 2.34. The number of halogens is 1. The molecule has 0 aliphatic heterocycles. The number of nitrogens with zero attached hydrogens (tertiary/aromatic N) is 2. The van der Waals surface area contributed by atoms with Crippen molar-refractivity contribution in [2.24, 2.45) is 0 Å². The fourth-order valence-corrected chi connectivity index (χ4v) is 5.90. The molecule has 0 aliphatic rings. The van der Waals surface area contributed by atoms with Gasteiger partial charge in [0.15, 0.2) is 11.5 Å². The van der Waals surface area contributed by atoms with Gasteiger partial charge in [0.05, 0.1) is 31.9 Å². The van der Waals surface area contributed by atoms with Gasteiger partial charge in [-0.25, -0.2) is 8.42 Å². The lowest BCUT2D eigenvalue weighted by Gasteiger charge is -2.33. The summed E-state index contributed by atoms with van der Waals surface area (Å²) in [5.74, 6) is -0.262. The number of benzene rings is 3. The molecule has 1 N–H and O–H groups in total. The molecule has 0 aromatic heterocycles. The van der Waals surface area contributed by atoms with E-state index in [9.17, 15) is 18.0 Å². The number of sulfonamides is 1. The molecule has 0 aliphatic carbocycles. The molecule has 0 radical (unpaired) electrons. The molecule has 0 unspecified atom stereocenters. The summed E-state index contributed by atoms with van der Waals surface area (Å²) in [4.78, 5) is 28.5. The van der Waals surface area contributed by atoms with Crippen LogP contribution in [0.25, 0.3) is 0 Å². The quantitative estimate of drug-likeness (QED) is 0.269. The number of methoxy groups -OCH3 is 3. The predicted octanol–water partition coefficient (Wildman–Crippen LogP) is 4.89. The van der Waals surface area contributed by atoms with Gasteiger partial charge >= 0.3 is 0 Å². The van der Waals surface area contributed by atoms with Crippen LogP contribution in [-0.2, 0) is 26.2 Å². The van der Waals surface area contributed by atoms with Gasteiger partial charge in [-0.05, 0) is 56.2 Å². The number of hydrogen-bond acceptors (Lipinski definition) is 7. The molecule has 12 heteroatoms. The summed E-state index contributed by atoms with van der Waals surface area (Å²) >= 11 is 6.30. The zero-order valence-electron chi connectivity index (χ0n) is 25.2. The van der Waals surface area contributed by atoms with E-state index in [1.54, 1.807) is 13.0 Å². The van der Waals surface area contributed by atoms with Crippen molar-refractivity contribution in [2.45, 2.75) is 50.7 Å². The Labute approximate surface area is 258 Å². The first-order valence-electron chi connectivity index (χ1n) is 13.7. The second kappa shape index (κ2) is 15.0. The van der Waals surface area contributed by atoms with Crippen LogP contribution in [0.15, 0.2) is 71.6 Å². The molecule has 2 amide bonds. The molecule has 2 atom stereocenters. The van der Waals surface area contributed by atoms with Crippen LogP contribution in [0.3, 0.4) is 0 Å². The van der Waals surface area contributed by atoms with E-state index in [0.29, 0.717) is 12.2 Å². The zero-order chi connectivity index (χ0) is 31.7. The van der Waals surface area contributed by atoms with E-state index in [4.69, 9.17) is 25.8 Å². The van der Waals surface area contributed by atoms with Gasteiger partial charge in [-0.2, -0.15) is 0 Å². The maximum Gasteiger partial charge on any atom is 0.265 e. The van der Waals surface area contributed by atoms with E-state index < -0.39 is 28.5 Å². The number of carbonyl (C=O) groups excluding carboxylic acids is 2. The molecule has 3 aromatic carbocycles. The van der Waals surface area contributed by atoms with Gasteiger partial charge in [0.25, 0.3) is 10.0 Å². The minimum absolute atomic E-state index is 0.0505. The van der Waals surface area contributed by atoms with Crippen molar-refractivity contribution < 1.29 is 32.2 Å². The Morgan fingerprint density at radius 1 is 0.884 bits per heavy atom. The van der Waals surface area contributed by atoms with Gasteiger partial charge in [0, 0.05) is 23.7 Å². The maximum absolute atomic E-state index is 14.3. The number of anilines is 1. The van der Waals surface area contributed by atoms with Gasteiger partial charge in [-0.15, -0.1) is 0 Å². The van der Waals surface area contributed by atoms with Crippen molar-refractivity contribution in [3.8, 4) is 17.2 Å². The number of nitrogens with one attached hydrogen (secondary N) is 1. The molecule has 10 nitrogen and oxygen atoms in total. The summed E-state index contributed by atoms with van der Waals surface area (Å²) in [5.41, 5.74) is 0.822. The summed E-state index contributed by atoms with van der Waals surface area (Å²) in [7, 11) is -0.203. The smallest absolute Gasteiger partial charge is 0.265 e. The van der Waals surface area contributed by atoms with Crippen LogP contribution in [0.4, 0.5) is 5.69 Å². The maximum atomic E-state index is 14.3. The van der Waals surface area contributed by atoms with E-state index in [0.717, 1.165) is 9.87 Å². The van der Waals surface area contributed by atoms with Crippen molar-refractivity contribution in [1.29, 1.82) is 0 Å². The first-order valence-corrected chi connectivity index (χ1v) is 15.5. The molecule has 0 saturated carbocycles. The van der Waals surface area contributed by atoms with Crippen LogP contribution >= 0.6 is 11.6 Å². The van der Waals surface area contributed by atoms with Crippen LogP contribution in [0.2, 0.25) is 5.02 Å². The molecule has 0 saturated heterocycles. The van der Waals surface area contributed by atoms with E-state index in [-0.39, 0.29) is 45.6 Å². The number of amides is 2. The minimum atomic E-state index is -4.42. The van der Waals surface area contributed by atoms with Crippen molar-refractivity contribution in [1.82, 2.24) is 10.2 Å². The molecular weight excluding hydrogens is 594 g/mol. The lowest BCUT2D eigenvalue weighted by Crippen LogP contribution is -2.52. The Morgan fingerprint density at radius 2 is 1.51 bits per heavy atom. The third-order valence-corrected chi connectivity index (χ3v) is 8.99. The van der Waals surface area contributed by atoms with E-state index >= 15 is 0 Å². The van der Waals surface area contributed by atoms with E-state index in [1.807, 2.05) is 44.2 Å². The van der Waals surface area contributed by atoms with Crippen LogP contribution in [-0.4, -0.2) is 65.1 Å². The Hall–Kier alpha value is -3.96. The van der Waals surface area contributed by atoms with Crippen LogP contribution < -0.4 is 23.8 Å². The molecular formula is C31H38ClN3O7S. The number of ether oxygens (including phenoxy) is 3. The Kier molecular flexibility index (Phi) is 11.7. The van der Waals surface area contributed by atoms with Gasteiger partial charge in [0.1, 0.15) is 18.3 Å². The highest BCUT2D eigenvalue weighted by molar-refractivity contribution is 7.92. The SMILES string of the molecule is CC[C@H](C)NC(=O)[C@H](C)N(Cc1ccccc1)C(=O)CN(c1cc(Cl)ccc1OC)S(=O)(=O)c1ccc(OC)c(OC)c1. The van der Waals surface area contributed by atoms with Crippen LogP contribution in [0.1, 0.15) is 32.8 Å². The molecule has 0 bridgehead atoms. The zero-order valence-corrected chi connectivity index (χ0v) is 26.7. The fourth-order valence-electron chi connectivity index (χ4n) is 4.30. The number of carbonyl (C=O) groups is 2. The summed E-state index contributed by atoms with van der Waals surface area (Å²) in [5, 5.41) is 3.15. The highest BCUT2D eigenvalue weighted by atomic mass is 35.5. The topological polar surface area (TPSA) is 114 Å². The van der Waals surface area contributed by atoms with Crippen molar-refractivity contribution in [3.05, 3.63) is 77.3 Å². The van der Waals surface area contributed by atoms with Crippen LogP contribution in [0.5, 0.6) is 17.2 Å². The van der Waals surface area contributed by atoms with Crippen LogP contribution in [0, 0.1) is 0 Å². The van der Waals surface area contributed by atoms with Crippen molar-refractivity contribution in [3.63, 3.8) is 0 Å². The van der Waals surface area contributed by atoms with Crippen molar-refractivity contribution >= 4 is 39.1 Å². The molecule has 3 rings (SSSR count). The Morgan fingerprint density at radius 3 is 2.12 bits per heavy atom. The Balaban J connectivity index is 2.13. The predicted molar refractivity (Wildman–Crippen MR) is 166 cm³/mol.